The number of amides is 1. The number of nitrogens with zero attached hydrogens (tertiary/aromatic N) is 2. The van der Waals surface area contributed by atoms with Crippen LogP contribution >= 0.6 is 0 Å². The lowest BCUT2D eigenvalue weighted by molar-refractivity contribution is -0.119. The number of benzene rings is 1. The maximum Gasteiger partial charge on any atom is 0.226 e. The van der Waals surface area contributed by atoms with Gasteiger partial charge in [-0.1, -0.05) is 70.6 Å². The van der Waals surface area contributed by atoms with Crippen molar-refractivity contribution in [3.8, 4) is 0 Å². The van der Waals surface area contributed by atoms with Gasteiger partial charge in [-0.2, -0.15) is 0 Å². The van der Waals surface area contributed by atoms with Gasteiger partial charge in [0.1, 0.15) is 0 Å². The van der Waals surface area contributed by atoms with E-state index in [0.717, 1.165) is 31.6 Å². The van der Waals surface area contributed by atoms with Crippen LogP contribution in [0.25, 0.3) is 0 Å². The van der Waals surface area contributed by atoms with Crippen LogP contribution in [-0.4, -0.2) is 36.5 Å². The molecule has 0 bridgehead atoms. The molecule has 1 aliphatic heterocycles. The molecule has 0 aliphatic carbocycles. The van der Waals surface area contributed by atoms with Crippen LogP contribution in [0.4, 0.5) is 5.69 Å². The Morgan fingerprint density at radius 1 is 0.962 bits per heavy atom. The summed E-state index contributed by atoms with van der Waals surface area (Å²) in [5.41, 5.74) is 1.06. The van der Waals surface area contributed by atoms with Crippen LogP contribution in [0.2, 0.25) is 0 Å². The standard InChI is InChI=1S/C23H38N2O/c1-3-5-6-7-8-9-13-18-24-19-16-22(17-20-24)25(23(26)4-2)21-14-11-10-12-15-21/h10-12,14-15,22H,3-9,13,16-20H2,1-2H3. The lowest BCUT2D eigenvalue weighted by Crippen LogP contribution is -2.47. The van der Waals surface area contributed by atoms with E-state index in [1.807, 2.05) is 25.1 Å². The Kier molecular flexibility index (Phi) is 9.76. The zero-order valence-corrected chi connectivity index (χ0v) is 17.0. The number of piperidine rings is 1. The van der Waals surface area contributed by atoms with Crippen LogP contribution in [-0.2, 0) is 4.79 Å². The molecule has 0 aromatic heterocycles. The predicted molar refractivity (Wildman–Crippen MR) is 112 cm³/mol. The van der Waals surface area contributed by atoms with Crippen LogP contribution in [0.1, 0.15) is 78.1 Å². The molecule has 26 heavy (non-hydrogen) atoms. The van der Waals surface area contributed by atoms with Crippen molar-refractivity contribution in [3.05, 3.63) is 30.3 Å². The second-order valence-electron chi connectivity index (χ2n) is 7.65. The average Bonchev–Trinajstić information content (AvgIpc) is 2.69. The summed E-state index contributed by atoms with van der Waals surface area (Å²) in [5, 5.41) is 0. The van der Waals surface area contributed by atoms with Crippen molar-refractivity contribution >= 4 is 11.6 Å². The van der Waals surface area contributed by atoms with Crippen LogP contribution in [0, 0.1) is 0 Å². The molecule has 0 unspecified atom stereocenters. The Bertz CT molecular complexity index is 494. The number of carbonyl (C=O) groups is 1. The quantitative estimate of drug-likeness (QED) is 0.478. The van der Waals surface area contributed by atoms with Crippen LogP contribution in [0.5, 0.6) is 0 Å². The summed E-state index contributed by atoms with van der Waals surface area (Å²) < 4.78 is 0. The molecule has 0 atom stereocenters. The van der Waals surface area contributed by atoms with E-state index in [0.29, 0.717) is 12.5 Å². The SMILES string of the molecule is CCCCCCCCCN1CCC(N(C(=O)CC)c2ccccc2)CC1. The number of para-hydroxylation sites is 1. The van der Waals surface area contributed by atoms with Gasteiger partial charge in [-0.15, -0.1) is 0 Å². The van der Waals surface area contributed by atoms with Gasteiger partial charge in [-0.25, -0.2) is 0 Å². The molecule has 3 nitrogen and oxygen atoms in total. The smallest absolute Gasteiger partial charge is 0.226 e. The average molecular weight is 359 g/mol. The maximum absolute atomic E-state index is 12.5. The van der Waals surface area contributed by atoms with Crippen molar-refractivity contribution in [2.24, 2.45) is 0 Å². The van der Waals surface area contributed by atoms with Gasteiger partial charge in [0.25, 0.3) is 0 Å². The molecule has 1 aliphatic rings. The molecule has 1 fully saturated rings. The number of unbranched alkanes of at least 4 members (excludes halogenated alkanes) is 6. The van der Waals surface area contributed by atoms with Crippen LogP contribution in [0.15, 0.2) is 30.3 Å². The number of carbonyl (C=O) groups excluding carboxylic acids is 1. The molecule has 1 heterocycles. The number of hydrogen-bond donors (Lipinski definition) is 0. The third-order valence-corrected chi connectivity index (χ3v) is 5.61. The summed E-state index contributed by atoms with van der Waals surface area (Å²) in [6.45, 7) is 7.72. The van der Waals surface area contributed by atoms with Gasteiger partial charge in [0, 0.05) is 31.2 Å². The van der Waals surface area contributed by atoms with E-state index in [1.54, 1.807) is 0 Å². The molecular weight excluding hydrogens is 320 g/mol. The summed E-state index contributed by atoms with van der Waals surface area (Å²) in [6.07, 6.45) is 12.4. The molecule has 0 N–H and O–H groups in total. The minimum atomic E-state index is 0.252. The minimum Gasteiger partial charge on any atom is -0.309 e. The van der Waals surface area contributed by atoms with Crippen molar-refractivity contribution in [2.75, 3.05) is 24.5 Å². The van der Waals surface area contributed by atoms with E-state index in [2.05, 4.69) is 28.9 Å². The van der Waals surface area contributed by atoms with E-state index >= 15 is 0 Å². The van der Waals surface area contributed by atoms with Crippen molar-refractivity contribution in [3.63, 3.8) is 0 Å². The molecule has 146 valence electrons. The fourth-order valence-electron chi connectivity index (χ4n) is 4.01. The van der Waals surface area contributed by atoms with Crippen molar-refractivity contribution < 1.29 is 4.79 Å². The van der Waals surface area contributed by atoms with Crippen molar-refractivity contribution in [1.82, 2.24) is 4.90 Å². The van der Waals surface area contributed by atoms with Crippen molar-refractivity contribution in [2.45, 2.75) is 84.1 Å². The fraction of sp³-hybridized carbons (Fsp3) is 0.696. The molecule has 3 heteroatoms. The van der Waals surface area contributed by atoms with E-state index < -0.39 is 0 Å². The first-order chi connectivity index (χ1) is 12.8. The minimum absolute atomic E-state index is 0.252. The Morgan fingerprint density at radius 3 is 2.19 bits per heavy atom. The second kappa shape index (κ2) is 12.1. The van der Waals surface area contributed by atoms with Gasteiger partial charge in [0.05, 0.1) is 0 Å². The highest BCUT2D eigenvalue weighted by Crippen LogP contribution is 2.24. The van der Waals surface area contributed by atoms with E-state index in [-0.39, 0.29) is 5.91 Å². The Balaban J connectivity index is 1.73. The van der Waals surface area contributed by atoms with Crippen LogP contribution < -0.4 is 4.90 Å². The van der Waals surface area contributed by atoms with Gasteiger partial charge >= 0.3 is 0 Å². The van der Waals surface area contributed by atoms with E-state index in [1.165, 1.54) is 51.5 Å². The zero-order chi connectivity index (χ0) is 18.6. The molecule has 0 saturated carbocycles. The predicted octanol–water partition coefficient (Wildman–Crippen LogP) is 5.64. The van der Waals surface area contributed by atoms with Crippen molar-refractivity contribution in [1.29, 1.82) is 0 Å². The lowest BCUT2D eigenvalue weighted by Gasteiger charge is -2.38. The summed E-state index contributed by atoms with van der Waals surface area (Å²) in [5.74, 6) is 0.252. The number of rotatable bonds is 11. The molecule has 0 radical (unpaired) electrons. The highest BCUT2D eigenvalue weighted by molar-refractivity contribution is 5.93. The third-order valence-electron chi connectivity index (χ3n) is 5.61. The number of likely N-dealkylation sites (tertiary alicyclic amines) is 1. The zero-order valence-electron chi connectivity index (χ0n) is 17.0. The first-order valence-corrected chi connectivity index (χ1v) is 10.9. The van der Waals surface area contributed by atoms with Gasteiger partial charge in [-0.05, 0) is 37.9 Å². The molecule has 1 aromatic carbocycles. The molecule has 1 amide bonds. The normalized spacial score (nSPS) is 15.9. The summed E-state index contributed by atoms with van der Waals surface area (Å²) in [7, 11) is 0. The van der Waals surface area contributed by atoms with Gasteiger partial charge in [0.15, 0.2) is 0 Å². The first-order valence-electron chi connectivity index (χ1n) is 10.9. The number of hydrogen-bond acceptors (Lipinski definition) is 2. The van der Waals surface area contributed by atoms with Gasteiger partial charge in [0.2, 0.25) is 5.91 Å². The van der Waals surface area contributed by atoms with Gasteiger partial charge < -0.3 is 9.80 Å². The maximum atomic E-state index is 12.5. The molecule has 1 aromatic rings. The highest BCUT2D eigenvalue weighted by Gasteiger charge is 2.28. The Morgan fingerprint density at radius 2 is 1.58 bits per heavy atom. The van der Waals surface area contributed by atoms with E-state index in [9.17, 15) is 4.79 Å². The monoisotopic (exact) mass is 358 g/mol. The second-order valence-corrected chi connectivity index (χ2v) is 7.65. The topological polar surface area (TPSA) is 23.6 Å². The number of anilines is 1. The Hall–Kier alpha value is -1.35. The lowest BCUT2D eigenvalue weighted by atomic mass is 10.0. The Labute approximate surface area is 160 Å². The van der Waals surface area contributed by atoms with E-state index in [4.69, 9.17) is 0 Å². The fourth-order valence-corrected chi connectivity index (χ4v) is 4.01. The molecule has 2 rings (SSSR count). The van der Waals surface area contributed by atoms with Crippen LogP contribution in [0.3, 0.4) is 0 Å². The highest BCUT2D eigenvalue weighted by atomic mass is 16.2. The van der Waals surface area contributed by atoms with Gasteiger partial charge in [-0.3, -0.25) is 4.79 Å². The molecule has 1 saturated heterocycles. The first kappa shape index (κ1) is 21.0. The molecule has 0 spiro atoms. The summed E-state index contributed by atoms with van der Waals surface area (Å²) >= 11 is 0. The summed E-state index contributed by atoms with van der Waals surface area (Å²) in [6, 6.07) is 10.6. The summed E-state index contributed by atoms with van der Waals surface area (Å²) in [4.78, 5) is 17.2. The third kappa shape index (κ3) is 6.75. The largest absolute Gasteiger partial charge is 0.309 e. The molecular formula is C23H38N2O.